The summed E-state index contributed by atoms with van der Waals surface area (Å²) in [6.45, 7) is 6.41. The lowest BCUT2D eigenvalue weighted by molar-refractivity contribution is -0.191. The molecular weight excluding hydrogens is 368 g/mol. The van der Waals surface area contributed by atoms with Crippen molar-refractivity contribution in [2.75, 3.05) is 13.2 Å². The third kappa shape index (κ3) is 3.05. The Balaban J connectivity index is 1.57. The van der Waals surface area contributed by atoms with E-state index in [0.29, 0.717) is 30.8 Å². The van der Waals surface area contributed by atoms with Crippen LogP contribution in [0.5, 0.6) is 0 Å². The van der Waals surface area contributed by atoms with Gasteiger partial charge in [-0.2, -0.15) is 0 Å². The summed E-state index contributed by atoms with van der Waals surface area (Å²) in [7, 11) is 0. The van der Waals surface area contributed by atoms with Gasteiger partial charge >= 0.3 is 11.9 Å². The maximum absolute atomic E-state index is 12.3. The second-order valence-corrected chi connectivity index (χ2v) is 11.3. The summed E-state index contributed by atoms with van der Waals surface area (Å²) in [5.41, 5.74) is -0.692. The fraction of sp³-hybridized carbons (Fsp3) is 0.917. The fourth-order valence-electron chi connectivity index (χ4n) is 8.46. The zero-order valence-corrected chi connectivity index (χ0v) is 18.3. The summed E-state index contributed by atoms with van der Waals surface area (Å²) in [4.78, 5) is 24.2. The molecule has 1 spiro atoms. The van der Waals surface area contributed by atoms with Gasteiger partial charge in [0.1, 0.15) is 0 Å². The highest BCUT2D eigenvalue weighted by Crippen LogP contribution is 2.72. The van der Waals surface area contributed by atoms with E-state index >= 15 is 0 Å². The highest BCUT2D eigenvalue weighted by atomic mass is 16.5. The number of ether oxygens (including phenoxy) is 1. The van der Waals surface area contributed by atoms with Crippen LogP contribution in [-0.2, 0) is 14.3 Å². The van der Waals surface area contributed by atoms with E-state index in [-0.39, 0.29) is 35.2 Å². The minimum Gasteiger partial charge on any atom is -0.481 e. The predicted octanol–water partition coefficient (Wildman–Crippen LogP) is 4.27. The van der Waals surface area contributed by atoms with Crippen molar-refractivity contribution in [2.45, 2.75) is 78.6 Å². The fourth-order valence-corrected chi connectivity index (χ4v) is 8.46. The van der Waals surface area contributed by atoms with Crippen molar-refractivity contribution >= 4 is 11.9 Å². The Morgan fingerprint density at radius 1 is 1.07 bits per heavy atom. The van der Waals surface area contributed by atoms with Crippen molar-refractivity contribution in [3.8, 4) is 0 Å². The van der Waals surface area contributed by atoms with E-state index in [1.807, 2.05) is 13.8 Å². The van der Waals surface area contributed by atoms with Gasteiger partial charge in [-0.05, 0) is 85.9 Å². The summed E-state index contributed by atoms with van der Waals surface area (Å²) >= 11 is 0. The molecule has 2 N–H and O–H groups in total. The van der Waals surface area contributed by atoms with Crippen LogP contribution in [0.15, 0.2) is 0 Å². The van der Waals surface area contributed by atoms with Crippen LogP contribution in [0, 0.1) is 45.8 Å². The van der Waals surface area contributed by atoms with E-state index in [1.165, 1.54) is 6.42 Å². The molecule has 5 heteroatoms. The highest BCUT2D eigenvalue weighted by Gasteiger charge is 2.66. The second-order valence-electron chi connectivity index (χ2n) is 11.3. The highest BCUT2D eigenvalue weighted by molar-refractivity contribution is 5.75. The van der Waals surface area contributed by atoms with Crippen LogP contribution >= 0.6 is 0 Å². The van der Waals surface area contributed by atoms with Gasteiger partial charge in [0.2, 0.25) is 0 Å². The summed E-state index contributed by atoms with van der Waals surface area (Å²) in [5, 5.41) is 20.2. The summed E-state index contributed by atoms with van der Waals surface area (Å²) in [5.74, 6) is 0.701. The molecule has 0 saturated heterocycles. The first-order chi connectivity index (χ1) is 13.7. The average Bonchev–Trinajstić information content (AvgIpc) is 2.94. The molecule has 0 aromatic rings. The van der Waals surface area contributed by atoms with Gasteiger partial charge in [0.15, 0.2) is 0 Å². The van der Waals surface area contributed by atoms with Crippen molar-refractivity contribution in [1.82, 2.24) is 0 Å². The Bertz CT molecular complexity index is 674. The molecule has 0 heterocycles. The molecule has 7 atom stereocenters. The summed E-state index contributed by atoms with van der Waals surface area (Å²) < 4.78 is 5.64. The monoisotopic (exact) mass is 406 g/mol. The predicted molar refractivity (Wildman–Crippen MR) is 109 cm³/mol. The number of carboxylic acid groups (broad SMARTS) is 1. The Morgan fingerprint density at radius 3 is 2.48 bits per heavy atom. The van der Waals surface area contributed by atoms with Crippen molar-refractivity contribution < 1.29 is 24.5 Å². The molecule has 4 rings (SSSR count). The Labute approximate surface area is 174 Å². The smallest absolute Gasteiger partial charge is 0.312 e. The van der Waals surface area contributed by atoms with Crippen molar-refractivity contribution in [3.63, 3.8) is 0 Å². The number of esters is 1. The minimum atomic E-state index is -0.962. The number of carbonyl (C=O) groups excluding carboxylic acids is 1. The van der Waals surface area contributed by atoms with Crippen LogP contribution in [0.25, 0.3) is 0 Å². The van der Waals surface area contributed by atoms with E-state index < -0.39 is 11.4 Å². The number of aliphatic carboxylic acids is 1. The van der Waals surface area contributed by atoms with Gasteiger partial charge in [-0.25, -0.2) is 0 Å². The molecule has 0 aliphatic heterocycles. The maximum Gasteiger partial charge on any atom is 0.312 e. The normalized spacial score (nSPS) is 46.1. The van der Waals surface area contributed by atoms with E-state index in [1.54, 1.807) is 0 Å². The largest absolute Gasteiger partial charge is 0.481 e. The number of rotatable bonds is 5. The van der Waals surface area contributed by atoms with Crippen LogP contribution in [0.3, 0.4) is 0 Å². The molecule has 164 valence electrons. The molecule has 0 radical (unpaired) electrons. The quantitative estimate of drug-likeness (QED) is 0.666. The Hall–Kier alpha value is -1.10. The number of carboxylic acids is 1. The first kappa shape index (κ1) is 21.1. The van der Waals surface area contributed by atoms with Gasteiger partial charge in [-0.3, -0.25) is 9.59 Å². The molecule has 4 aliphatic carbocycles. The molecule has 3 unspecified atom stereocenters. The topological polar surface area (TPSA) is 83.8 Å². The molecule has 4 saturated carbocycles. The number of aliphatic hydroxyl groups excluding tert-OH is 1. The zero-order chi connectivity index (χ0) is 21.0. The number of fused-ring (bicyclic) bond motifs is 3. The van der Waals surface area contributed by atoms with E-state index in [0.717, 1.165) is 44.9 Å². The molecule has 0 amide bonds. The molecule has 5 nitrogen and oxygen atoms in total. The summed E-state index contributed by atoms with van der Waals surface area (Å²) in [6, 6.07) is 0. The molecule has 0 aromatic carbocycles. The zero-order valence-electron chi connectivity index (χ0n) is 18.3. The number of hydrogen-bond donors (Lipinski definition) is 2. The molecule has 29 heavy (non-hydrogen) atoms. The van der Waals surface area contributed by atoms with Crippen molar-refractivity contribution in [2.24, 2.45) is 45.8 Å². The first-order valence-electron chi connectivity index (χ1n) is 11.7. The lowest BCUT2D eigenvalue weighted by Gasteiger charge is -2.63. The molecule has 4 fully saturated rings. The first-order valence-corrected chi connectivity index (χ1v) is 11.7. The lowest BCUT2D eigenvalue weighted by atomic mass is 9.41. The number of aliphatic hydroxyl groups is 1. The van der Waals surface area contributed by atoms with Crippen LogP contribution in [-0.4, -0.2) is 35.4 Å². The van der Waals surface area contributed by atoms with Gasteiger partial charge in [0, 0.05) is 0 Å². The van der Waals surface area contributed by atoms with E-state index in [2.05, 4.69) is 6.92 Å². The van der Waals surface area contributed by atoms with Gasteiger partial charge in [0.25, 0.3) is 0 Å². The minimum absolute atomic E-state index is 0.00785. The number of carbonyl (C=O) groups is 2. The lowest BCUT2D eigenvalue weighted by Crippen LogP contribution is -2.60. The molecule has 0 aromatic heterocycles. The molecule has 2 bridgehead atoms. The Kier molecular flexibility index (Phi) is 5.28. The van der Waals surface area contributed by atoms with Gasteiger partial charge in [0.05, 0.1) is 24.5 Å². The van der Waals surface area contributed by atoms with Gasteiger partial charge in [-0.1, -0.05) is 27.2 Å². The molecule has 4 aliphatic rings. The Morgan fingerprint density at radius 2 is 1.83 bits per heavy atom. The van der Waals surface area contributed by atoms with Crippen LogP contribution in [0.2, 0.25) is 0 Å². The molecular formula is C24H38O5. The van der Waals surface area contributed by atoms with E-state index in [9.17, 15) is 19.8 Å². The van der Waals surface area contributed by atoms with Crippen LogP contribution in [0.1, 0.15) is 78.6 Å². The average molecular weight is 407 g/mol. The third-order valence-corrected chi connectivity index (χ3v) is 9.72. The third-order valence-electron chi connectivity index (χ3n) is 9.72. The van der Waals surface area contributed by atoms with Crippen LogP contribution < -0.4 is 0 Å². The van der Waals surface area contributed by atoms with E-state index in [4.69, 9.17) is 4.74 Å². The van der Waals surface area contributed by atoms with Gasteiger partial charge in [-0.15, -0.1) is 0 Å². The van der Waals surface area contributed by atoms with Crippen molar-refractivity contribution in [1.29, 1.82) is 0 Å². The maximum atomic E-state index is 12.3. The SMILES string of the molecule is CC(C)C(=O)OC[C@@H]1CC23CCC4[C@](CO)(C(=O)O)CCC[C@@]4(C)C2CC[C@@H]1C3. The van der Waals surface area contributed by atoms with Crippen LogP contribution in [0.4, 0.5) is 0 Å². The standard InChI is InChI=1S/C24H38O5/c1-15(2)20(26)29-13-17-12-23-10-7-19-22(3,18(23)6-5-16(17)11-23)8-4-9-24(19,14-25)21(27)28/h15-19,25H,4-14H2,1-3H3,(H,27,28)/t16-,17+,18?,19?,22+,23?,24+/m1/s1. The number of hydrogen-bond acceptors (Lipinski definition) is 4. The van der Waals surface area contributed by atoms with Gasteiger partial charge < -0.3 is 14.9 Å². The van der Waals surface area contributed by atoms with Crippen molar-refractivity contribution in [3.05, 3.63) is 0 Å². The summed E-state index contributed by atoms with van der Waals surface area (Å²) in [6.07, 6.45) is 9.21. The second kappa shape index (κ2) is 7.25.